The van der Waals surface area contributed by atoms with Gasteiger partial charge in [-0.25, -0.2) is 4.68 Å². The average molecular weight is 288 g/mol. The first-order chi connectivity index (χ1) is 10.1. The highest BCUT2D eigenvalue weighted by molar-refractivity contribution is 5.65. The molecule has 0 unspecified atom stereocenters. The highest BCUT2D eigenvalue weighted by Crippen LogP contribution is 2.31. The molecule has 0 amide bonds. The number of carbonyl (C=O) groups excluding carboxylic acids is 1. The van der Waals surface area contributed by atoms with Crippen LogP contribution in [0.4, 0.5) is 0 Å². The van der Waals surface area contributed by atoms with E-state index in [1.54, 1.807) is 4.68 Å². The molecule has 6 heteroatoms. The summed E-state index contributed by atoms with van der Waals surface area (Å²) in [5.41, 5.74) is 3.08. The van der Waals surface area contributed by atoms with Crippen molar-refractivity contribution in [3.05, 3.63) is 23.3 Å². The zero-order chi connectivity index (χ0) is 15.2. The van der Waals surface area contributed by atoms with Crippen LogP contribution in [0.1, 0.15) is 30.4 Å². The van der Waals surface area contributed by atoms with Crippen LogP contribution in [-0.2, 0) is 11.8 Å². The van der Waals surface area contributed by atoms with Gasteiger partial charge in [-0.15, -0.1) is 5.10 Å². The summed E-state index contributed by atoms with van der Waals surface area (Å²) in [6.07, 6.45) is 3.26. The molecule has 6 nitrogen and oxygen atoms in total. The molecule has 1 aromatic heterocycles. The predicted octanol–water partition coefficient (Wildman–Crippen LogP) is 2.24. The van der Waals surface area contributed by atoms with Gasteiger partial charge in [0.1, 0.15) is 12.0 Å². The number of hydrogen-bond acceptors (Lipinski definition) is 5. The lowest BCUT2D eigenvalue weighted by atomic mass is 10.0. The molecule has 0 atom stereocenters. The van der Waals surface area contributed by atoms with Gasteiger partial charge in [0.25, 0.3) is 0 Å². The normalized spacial score (nSPS) is 10.6. The number of aromatic nitrogens is 4. The summed E-state index contributed by atoms with van der Waals surface area (Å²) in [5.74, 6) is 1.60. The van der Waals surface area contributed by atoms with Gasteiger partial charge in [-0.3, -0.25) is 0 Å². The second-order valence-electron chi connectivity index (χ2n) is 5.02. The van der Waals surface area contributed by atoms with E-state index in [9.17, 15) is 4.79 Å². The average Bonchev–Trinajstić information content (AvgIpc) is 2.88. The van der Waals surface area contributed by atoms with Crippen molar-refractivity contribution >= 4 is 6.29 Å². The van der Waals surface area contributed by atoms with E-state index in [-0.39, 0.29) is 0 Å². The topological polar surface area (TPSA) is 69.9 Å². The van der Waals surface area contributed by atoms with Gasteiger partial charge in [0, 0.05) is 24.6 Å². The number of tetrazole rings is 1. The minimum absolute atomic E-state index is 0.589. The van der Waals surface area contributed by atoms with E-state index in [4.69, 9.17) is 4.74 Å². The molecule has 0 bridgehead atoms. The maximum absolute atomic E-state index is 10.3. The monoisotopic (exact) mass is 288 g/mol. The number of benzene rings is 1. The van der Waals surface area contributed by atoms with E-state index in [1.807, 2.05) is 33.0 Å². The summed E-state index contributed by atoms with van der Waals surface area (Å²) in [6, 6.07) is 4.02. The van der Waals surface area contributed by atoms with Crippen molar-refractivity contribution in [1.82, 2.24) is 20.2 Å². The van der Waals surface area contributed by atoms with Gasteiger partial charge in [0.2, 0.25) is 0 Å². The number of ether oxygens (including phenoxy) is 1. The lowest BCUT2D eigenvalue weighted by Crippen LogP contribution is -2.03. The number of nitrogens with zero attached hydrogens (tertiary/aromatic N) is 4. The summed E-state index contributed by atoms with van der Waals surface area (Å²) < 4.78 is 7.54. The van der Waals surface area contributed by atoms with Crippen molar-refractivity contribution in [3.8, 4) is 17.1 Å². The molecule has 0 spiro atoms. The van der Waals surface area contributed by atoms with E-state index in [0.717, 1.165) is 47.4 Å². The van der Waals surface area contributed by atoms with Crippen LogP contribution < -0.4 is 4.74 Å². The summed E-state index contributed by atoms with van der Waals surface area (Å²) in [4.78, 5) is 10.3. The first-order valence-electron chi connectivity index (χ1n) is 7.04. The molecule has 1 heterocycles. The van der Waals surface area contributed by atoms with Gasteiger partial charge < -0.3 is 9.53 Å². The highest BCUT2D eigenvalue weighted by Gasteiger charge is 2.14. The number of rotatable bonds is 7. The molecular formula is C15H20N4O2. The van der Waals surface area contributed by atoms with E-state index in [1.165, 1.54) is 0 Å². The number of aldehydes is 1. The summed E-state index contributed by atoms with van der Waals surface area (Å²) >= 11 is 0. The molecule has 2 rings (SSSR count). The Bertz CT molecular complexity index is 622. The minimum atomic E-state index is 0.589. The van der Waals surface area contributed by atoms with Gasteiger partial charge in [-0.1, -0.05) is 12.1 Å². The molecule has 21 heavy (non-hydrogen) atoms. The maximum atomic E-state index is 10.3. The number of unbranched alkanes of at least 4 members (excludes halogenated alkanes) is 2. The Morgan fingerprint density at radius 2 is 2.10 bits per heavy atom. The van der Waals surface area contributed by atoms with Crippen molar-refractivity contribution in [3.63, 3.8) is 0 Å². The zero-order valence-corrected chi connectivity index (χ0v) is 12.7. The lowest BCUT2D eigenvalue weighted by molar-refractivity contribution is -0.107. The highest BCUT2D eigenvalue weighted by atomic mass is 16.5. The predicted molar refractivity (Wildman–Crippen MR) is 79.1 cm³/mol. The van der Waals surface area contributed by atoms with Crippen molar-refractivity contribution in [2.24, 2.45) is 7.05 Å². The van der Waals surface area contributed by atoms with Crippen LogP contribution >= 0.6 is 0 Å². The molecular weight excluding hydrogens is 268 g/mol. The Balaban J connectivity index is 2.18. The third-order valence-electron chi connectivity index (χ3n) is 3.43. The Kier molecular flexibility index (Phi) is 5.03. The molecule has 0 saturated carbocycles. The van der Waals surface area contributed by atoms with Crippen molar-refractivity contribution < 1.29 is 9.53 Å². The third kappa shape index (κ3) is 3.45. The number of hydrogen-bond donors (Lipinski definition) is 0. The molecule has 0 saturated heterocycles. The molecule has 0 fully saturated rings. The summed E-state index contributed by atoms with van der Waals surface area (Å²) in [6.45, 7) is 4.64. The third-order valence-corrected chi connectivity index (χ3v) is 3.43. The first-order valence-corrected chi connectivity index (χ1v) is 7.04. The fourth-order valence-electron chi connectivity index (χ4n) is 2.25. The van der Waals surface area contributed by atoms with E-state index < -0.39 is 0 Å². The van der Waals surface area contributed by atoms with Crippen LogP contribution in [0.25, 0.3) is 11.4 Å². The van der Waals surface area contributed by atoms with Crippen molar-refractivity contribution in [2.75, 3.05) is 6.61 Å². The number of carbonyl (C=O) groups is 1. The second kappa shape index (κ2) is 6.97. The van der Waals surface area contributed by atoms with E-state index >= 15 is 0 Å². The maximum Gasteiger partial charge on any atom is 0.182 e. The molecule has 112 valence electrons. The van der Waals surface area contributed by atoms with Gasteiger partial charge >= 0.3 is 0 Å². The van der Waals surface area contributed by atoms with Crippen LogP contribution in [0.2, 0.25) is 0 Å². The van der Waals surface area contributed by atoms with Crippen LogP contribution in [0, 0.1) is 13.8 Å². The lowest BCUT2D eigenvalue weighted by Gasteiger charge is -2.14. The Morgan fingerprint density at radius 1 is 1.29 bits per heavy atom. The van der Waals surface area contributed by atoms with Gasteiger partial charge in [-0.2, -0.15) is 0 Å². The van der Waals surface area contributed by atoms with Crippen molar-refractivity contribution in [2.45, 2.75) is 33.1 Å². The molecule has 0 aliphatic rings. The molecule has 1 aromatic carbocycles. The SMILES string of the molecule is Cc1ccc(-c2nnnn2C)c(C)c1OCCCCC=O. The van der Waals surface area contributed by atoms with Crippen LogP contribution in [0.15, 0.2) is 12.1 Å². The van der Waals surface area contributed by atoms with Crippen LogP contribution in [0.5, 0.6) is 5.75 Å². The largest absolute Gasteiger partial charge is 0.493 e. The fourth-order valence-corrected chi connectivity index (χ4v) is 2.25. The number of aryl methyl sites for hydroxylation is 2. The Labute approximate surface area is 124 Å². The van der Waals surface area contributed by atoms with Gasteiger partial charge in [0.15, 0.2) is 5.82 Å². The quantitative estimate of drug-likeness (QED) is 0.577. The Morgan fingerprint density at radius 3 is 2.76 bits per heavy atom. The molecule has 0 radical (unpaired) electrons. The molecule has 0 aliphatic heterocycles. The van der Waals surface area contributed by atoms with Crippen molar-refractivity contribution in [1.29, 1.82) is 0 Å². The smallest absolute Gasteiger partial charge is 0.182 e. The molecule has 0 N–H and O–H groups in total. The van der Waals surface area contributed by atoms with Gasteiger partial charge in [-0.05, 0) is 42.7 Å². The Hall–Kier alpha value is -2.24. The van der Waals surface area contributed by atoms with E-state index in [0.29, 0.717) is 13.0 Å². The first kappa shape index (κ1) is 15.2. The standard InChI is InChI=1S/C15H20N4O2/c1-11-7-8-13(15-16-17-18-19(15)3)12(2)14(11)21-10-6-4-5-9-20/h7-9H,4-6,10H2,1-3H3. The summed E-state index contributed by atoms with van der Waals surface area (Å²) in [7, 11) is 1.81. The van der Waals surface area contributed by atoms with Crippen LogP contribution in [-0.4, -0.2) is 33.1 Å². The van der Waals surface area contributed by atoms with Gasteiger partial charge in [0.05, 0.1) is 6.61 Å². The zero-order valence-electron chi connectivity index (χ0n) is 12.7. The second-order valence-corrected chi connectivity index (χ2v) is 5.02. The summed E-state index contributed by atoms with van der Waals surface area (Å²) in [5, 5.41) is 11.6. The minimum Gasteiger partial charge on any atom is -0.493 e. The fraction of sp³-hybridized carbons (Fsp3) is 0.467. The van der Waals surface area contributed by atoms with E-state index in [2.05, 4.69) is 15.5 Å². The van der Waals surface area contributed by atoms with Crippen LogP contribution in [0.3, 0.4) is 0 Å². The molecule has 2 aromatic rings. The molecule has 0 aliphatic carbocycles.